The van der Waals surface area contributed by atoms with E-state index < -0.39 is 11.9 Å². The highest BCUT2D eigenvalue weighted by atomic mass is 19.4. The summed E-state index contributed by atoms with van der Waals surface area (Å²) >= 11 is 0. The lowest BCUT2D eigenvalue weighted by Gasteiger charge is -2.11. The van der Waals surface area contributed by atoms with Crippen LogP contribution in [-0.4, -0.2) is 19.7 Å². The zero-order valence-electron chi connectivity index (χ0n) is 10.9. The van der Waals surface area contributed by atoms with Crippen molar-refractivity contribution < 1.29 is 13.2 Å². The third-order valence-corrected chi connectivity index (χ3v) is 2.72. The van der Waals surface area contributed by atoms with Crippen LogP contribution in [0, 0.1) is 6.92 Å². The zero-order valence-corrected chi connectivity index (χ0v) is 10.9. The Kier molecular flexibility index (Phi) is 3.62. The predicted octanol–water partition coefficient (Wildman–Crippen LogP) is 1.84. The smallest absolute Gasteiger partial charge is 0.308 e. The molecule has 20 heavy (non-hydrogen) atoms. The first kappa shape index (κ1) is 14.3. The molecule has 0 fully saturated rings. The van der Waals surface area contributed by atoms with Crippen LogP contribution in [0.4, 0.5) is 19.0 Å². The van der Waals surface area contributed by atoms with E-state index in [9.17, 15) is 13.2 Å². The number of anilines is 1. The summed E-state index contributed by atoms with van der Waals surface area (Å²) in [5.41, 5.74) is 1.94. The first-order chi connectivity index (χ1) is 9.36. The number of nitrogens with one attached hydrogen (secondary N) is 1. The first-order valence-electron chi connectivity index (χ1n) is 5.84. The third-order valence-electron chi connectivity index (χ3n) is 2.72. The van der Waals surface area contributed by atoms with Crippen molar-refractivity contribution in [3.63, 3.8) is 0 Å². The van der Waals surface area contributed by atoms with Crippen LogP contribution in [0.15, 0.2) is 12.3 Å². The van der Waals surface area contributed by atoms with Gasteiger partial charge >= 0.3 is 6.18 Å². The van der Waals surface area contributed by atoms with Crippen molar-refractivity contribution >= 4 is 5.82 Å². The number of aryl methyl sites for hydroxylation is 1. The Morgan fingerprint density at radius 2 is 2.05 bits per heavy atom. The molecule has 0 radical (unpaired) electrons. The molecule has 0 bridgehead atoms. The molecule has 0 aliphatic carbocycles. The van der Waals surface area contributed by atoms with E-state index in [0.717, 1.165) is 10.7 Å². The lowest BCUT2D eigenvalue weighted by molar-refractivity contribution is -0.141. The molecule has 0 aliphatic heterocycles. The van der Waals surface area contributed by atoms with Crippen molar-refractivity contribution in [2.75, 3.05) is 5.43 Å². The normalized spacial score (nSPS) is 11.7. The number of rotatable bonds is 3. The van der Waals surface area contributed by atoms with Crippen molar-refractivity contribution in [1.82, 2.24) is 19.7 Å². The van der Waals surface area contributed by atoms with Crippen LogP contribution in [-0.2, 0) is 12.6 Å². The standard InChI is InChI=1S/C11H13F3N6/c1-3-8-16-9(18-15)6(2)10(17-8)20-5-4-7(19-20)11(12,13)14/h4-5H,3,15H2,1-2H3,(H,16,17,18). The lowest BCUT2D eigenvalue weighted by atomic mass is 10.3. The molecule has 2 aromatic rings. The summed E-state index contributed by atoms with van der Waals surface area (Å²) in [6, 6.07) is 0.892. The van der Waals surface area contributed by atoms with Gasteiger partial charge < -0.3 is 5.43 Å². The van der Waals surface area contributed by atoms with Crippen molar-refractivity contribution in [3.8, 4) is 5.82 Å². The van der Waals surface area contributed by atoms with Gasteiger partial charge in [0.2, 0.25) is 0 Å². The summed E-state index contributed by atoms with van der Waals surface area (Å²) < 4.78 is 38.8. The minimum Gasteiger partial charge on any atom is -0.308 e. The molecule has 0 unspecified atom stereocenters. The summed E-state index contributed by atoms with van der Waals surface area (Å²) in [7, 11) is 0. The van der Waals surface area contributed by atoms with Crippen molar-refractivity contribution in [2.24, 2.45) is 5.84 Å². The van der Waals surface area contributed by atoms with Gasteiger partial charge in [0, 0.05) is 18.2 Å². The van der Waals surface area contributed by atoms with Gasteiger partial charge in [-0.05, 0) is 13.0 Å². The molecule has 9 heteroatoms. The second kappa shape index (κ2) is 5.08. The van der Waals surface area contributed by atoms with E-state index in [0.29, 0.717) is 23.6 Å². The summed E-state index contributed by atoms with van der Waals surface area (Å²) in [6.45, 7) is 3.48. The average Bonchev–Trinajstić information content (AvgIpc) is 2.88. The third kappa shape index (κ3) is 2.57. The maximum absolute atomic E-state index is 12.6. The van der Waals surface area contributed by atoms with Crippen molar-refractivity contribution in [2.45, 2.75) is 26.4 Å². The number of hydrogen-bond acceptors (Lipinski definition) is 5. The van der Waals surface area contributed by atoms with E-state index in [4.69, 9.17) is 5.84 Å². The van der Waals surface area contributed by atoms with E-state index in [1.165, 1.54) is 6.20 Å². The molecule has 0 spiro atoms. The molecular weight excluding hydrogens is 273 g/mol. The molecule has 0 saturated carbocycles. The summed E-state index contributed by atoms with van der Waals surface area (Å²) in [5, 5.41) is 3.50. The molecule has 0 atom stereocenters. The SMILES string of the molecule is CCc1nc(NN)c(C)c(-n2ccc(C(F)(F)F)n2)n1. The van der Waals surface area contributed by atoms with E-state index in [-0.39, 0.29) is 5.82 Å². The molecule has 2 heterocycles. The maximum atomic E-state index is 12.6. The molecule has 2 aromatic heterocycles. The highest BCUT2D eigenvalue weighted by molar-refractivity contribution is 5.50. The van der Waals surface area contributed by atoms with Gasteiger partial charge in [-0.15, -0.1) is 0 Å². The number of halogens is 3. The summed E-state index contributed by atoms with van der Waals surface area (Å²) in [4.78, 5) is 8.33. The van der Waals surface area contributed by atoms with Gasteiger partial charge in [-0.25, -0.2) is 20.5 Å². The maximum Gasteiger partial charge on any atom is 0.435 e. The minimum atomic E-state index is -4.49. The molecule has 0 aliphatic rings. The quantitative estimate of drug-likeness (QED) is 0.664. The van der Waals surface area contributed by atoms with Gasteiger partial charge in [0.25, 0.3) is 0 Å². The number of aromatic nitrogens is 4. The fourth-order valence-corrected chi connectivity index (χ4v) is 1.66. The van der Waals surface area contributed by atoms with Crippen molar-refractivity contribution in [1.29, 1.82) is 0 Å². The van der Waals surface area contributed by atoms with Crippen LogP contribution in [0.25, 0.3) is 5.82 Å². The van der Waals surface area contributed by atoms with Gasteiger partial charge in [0.1, 0.15) is 11.6 Å². The number of alkyl halides is 3. The van der Waals surface area contributed by atoms with Crippen molar-refractivity contribution in [3.05, 3.63) is 29.3 Å². The van der Waals surface area contributed by atoms with Gasteiger partial charge in [-0.1, -0.05) is 6.92 Å². The average molecular weight is 286 g/mol. The van der Waals surface area contributed by atoms with E-state index in [2.05, 4.69) is 20.5 Å². The van der Waals surface area contributed by atoms with Crippen LogP contribution < -0.4 is 11.3 Å². The van der Waals surface area contributed by atoms with Gasteiger partial charge in [-0.3, -0.25) is 0 Å². The molecule has 0 amide bonds. The number of nitrogens with two attached hydrogens (primary N) is 1. The predicted molar refractivity (Wildman–Crippen MR) is 66.1 cm³/mol. The highest BCUT2D eigenvalue weighted by Gasteiger charge is 2.34. The molecule has 3 N–H and O–H groups in total. The van der Waals surface area contributed by atoms with E-state index in [1.54, 1.807) is 6.92 Å². The summed E-state index contributed by atoms with van der Waals surface area (Å²) in [6.07, 6.45) is -2.76. The van der Waals surface area contributed by atoms with Crippen LogP contribution in [0.2, 0.25) is 0 Å². The topological polar surface area (TPSA) is 81.6 Å². The molecule has 2 rings (SSSR count). The Hall–Kier alpha value is -2.16. The second-order valence-corrected chi connectivity index (χ2v) is 4.08. The second-order valence-electron chi connectivity index (χ2n) is 4.08. The Morgan fingerprint density at radius 1 is 1.35 bits per heavy atom. The van der Waals surface area contributed by atoms with Gasteiger partial charge in [0.15, 0.2) is 11.5 Å². The Bertz CT molecular complexity index is 619. The van der Waals surface area contributed by atoms with Crippen LogP contribution in [0.3, 0.4) is 0 Å². The van der Waals surface area contributed by atoms with Gasteiger partial charge in [-0.2, -0.15) is 18.3 Å². The van der Waals surface area contributed by atoms with Crippen LogP contribution in [0.1, 0.15) is 24.0 Å². The molecule has 0 aromatic carbocycles. The Morgan fingerprint density at radius 3 is 2.55 bits per heavy atom. The largest absolute Gasteiger partial charge is 0.435 e. The van der Waals surface area contributed by atoms with Crippen LogP contribution in [0.5, 0.6) is 0 Å². The highest BCUT2D eigenvalue weighted by Crippen LogP contribution is 2.28. The van der Waals surface area contributed by atoms with Crippen LogP contribution >= 0.6 is 0 Å². The fourth-order valence-electron chi connectivity index (χ4n) is 1.66. The first-order valence-corrected chi connectivity index (χ1v) is 5.84. The zero-order chi connectivity index (χ0) is 14.9. The monoisotopic (exact) mass is 286 g/mol. The fraction of sp³-hybridized carbons (Fsp3) is 0.364. The molecule has 6 nitrogen and oxygen atoms in total. The minimum absolute atomic E-state index is 0.264. The molecule has 108 valence electrons. The number of hydrazine groups is 1. The van der Waals surface area contributed by atoms with Gasteiger partial charge in [0.05, 0.1) is 0 Å². The lowest BCUT2D eigenvalue weighted by Crippen LogP contribution is -2.15. The Labute approximate surface area is 112 Å². The molecule has 0 saturated heterocycles. The van der Waals surface area contributed by atoms with E-state index in [1.807, 2.05) is 6.92 Å². The molecular formula is C11H13F3N6. The number of nitrogen functional groups attached to an aromatic ring is 1. The number of hydrogen-bond donors (Lipinski definition) is 2. The van der Waals surface area contributed by atoms with E-state index >= 15 is 0 Å². The summed E-state index contributed by atoms with van der Waals surface area (Å²) in [5.74, 6) is 6.43. The Balaban J connectivity index is 2.54. The number of nitrogens with zero attached hydrogens (tertiary/aromatic N) is 4.